The van der Waals surface area contributed by atoms with Crippen molar-refractivity contribution in [3.05, 3.63) is 12.2 Å². The van der Waals surface area contributed by atoms with Gasteiger partial charge in [0.15, 0.2) is 0 Å². The lowest BCUT2D eigenvalue weighted by Crippen LogP contribution is -2.08. The molecule has 0 N–H and O–H groups in total. The molecule has 0 aliphatic carbocycles. The minimum absolute atomic E-state index is 0.332. The lowest BCUT2D eigenvalue weighted by atomic mass is 10.1. The number of ether oxygens (including phenoxy) is 2. The van der Waals surface area contributed by atoms with E-state index in [2.05, 4.69) is 6.08 Å². The van der Waals surface area contributed by atoms with Gasteiger partial charge in [-0.25, -0.2) is 4.79 Å². The standard InChI is InChI=1S/C13H22O3/c14-13-15-11-9-7-5-3-1-2-4-6-8-10-12-16-13/h7,9H,1-6,8,10-12H2/b9-7+. The summed E-state index contributed by atoms with van der Waals surface area (Å²) in [5.41, 5.74) is 0. The molecule has 0 aromatic heterocycles. The van der Waals surface area contributed by atoms with E-state index in [1.165, 1.54) is 32.1 Å². The number of cyclic esters (lactones) is 2. The summed E-state index contributed by atoms with van der Waals surface area (Å²) < 4.78 is 9.79. The minimum atomic E-state index is -0.542. The van der Waals surface area contributed by atoms with Crippen LogP contribution in [0, 0.1) is 0 Å². The predicted molar refractivity (Wildman–Crippen MR) is 63.4 cm³/mol. The van der Waals surface area contributed by atoms with Crippen molar-refractivity contribution in [3.8, 4) is 0 Å². The van der Waals surface area contributed by atoms with Crippen LogP contribution in [0.1, 0.15) is 51.4 Å². The highest BCUT2D eigenvalue weighted by Crippen LogP contribution is 2.09. The Labute approximate surface area is 97.8 Å². The van der Waals surface area contributed by atoms with E-state index < -0.39 is 6.16 Å². The Morgan fingerprint density at radius 1 is 0.812 bits per heavy atom. The van der Waals surface area contributed by atoms with Gasteiger partial charge in [-0.05, 0) is 19.3 Å². The van der Waals surface area contributed by atoms with E-state index in [9.17, 15) is 4.79 Å². The van der Waals surface area contributed by atoms with Crippen LogP contribution in [0.2, 0.25) is 0 Å². The van der Waals surface area contributed by atoms with Gasteiger partial charge in [-0.3, -0.25) is 0 Å². The Kier molecular flexibility index (Phi) is 7.56. The maximum atomic E-state index is 11.0. The molecule has 0 aromatic rings. The van der Waals surface area contributed by atoms with Crippen LogP contribution in [0.25, 0.3) is 0 Å². The van der Waals surface area contributed by atoms with Crippen LogP contribution in [0.3, 0.4) is 0 Å². The second-order valence-electron chi connectivity index (χ2n) is 4.14. The summed E-state index contributed by atoms with van der Waals surface area (Å²) in [6.45, 7) is 0.821. The molecule has 92 valence electrons. The van der Waals surface area contributed by atoms with E-state index in [0.29, 0.717) is 13.2 Å². The van der Waals surface area contributed by atoms with Crippen molar-refractivity contribution >= 4 is 6.16 Å². The summed E-state index contributed by atoms with van der Waals surface area (Å²) >= 11 is 0. The van der Waals surface area contributed by atoms with E-state index >= 15 is 0 Å². The monoisotopic (exact) mass is 226 g/mol. The van der Waals surface area contributed by atoms with Crippen molar-refractivity contribution < 1.29 is 14.3 Å². The normalized spacial score (nSPS) is 23.4. The zero-order valence-corrected chi connectivity index (χ0v) is 9.95. The molecule has 0 atom stereocenters. The quantitative estimate of drug-likeness (QED) is 0.465. The first-order valence-electron chi connectivity index (χ1n) is 6.34. The zero-order valence-electron chi connectivity index (χ0n) is 9.95. The van der Waals surface area contributed by atoms with E-state index in [0.717, 1.165) is 19.3 Å². The van der Waals surface area contributed by atoms with Crippen LogP contribution < -0.4 is 0 Å². The van der Waals surface area contributed by atoms with Crippen LogP contribution in [0.15, 0.2) is 12.2 Å². The van der Waals surface area contributed by atoms with E-state index in [1.54, 1.807) is 0 Å². The average molecular weight is 226 g/mol. The van der Waals surface area contributed by atoms with Crippen molar-refractivity contribution in [2.45, 2.75) is 51.4 Å². The third-order valence-electron chi connectivity index (χ3n) is 2.70. The lowest BCUT2D eigenvalue weighted by Gasteiger charge is -2.04. The van der Waals surface area contributed by atoms with Crippen molar-refractivity contribution in [3.63, 3.8) is 0 Å². The molecular formula is C13H22O3. The Morgan fingerprint density at radius 2 is 1.50 bits per heavy atom. The molecule has 16 heavy (non-hydrogen) atoms. The molecule has 0 amide bonds. The highest BCUT2D eigenvalue weighted by atomic mass is 16.7. The first-order chi connectivity index (χ1) is 7.89. The molecule has 0 radical (unpaired) electrons. The van der Waals surface area contributed by atoms with Crippen LogP contribution in [-0.2, 0) is 9.47 Å². The Balaban J connectivity index is 2.20. The Hall–Kier alpha value is -0.990. The van der Waals surface area contributed by atoms with Gasteiger partial charge in [-0.1, -0.05) is 44.3 Å². The number of allylic oxidation sites excluding steroid dienone is 1. The summed E-state index contributed by atoms with van der Waals surface area (Å²) in [4.78, 5) is 11.0. The topological polar surface area (TPSA) is 35.5 Å². The van der Waals surface area contributed by atoms with Gasteiger partial charge >= 0.3 is 6.16 Å². The molecule has 0 saturated carbocycles. The van der Waals surface area contributed by atoms with E-state index in [4.69, 9.17) is 9.47 Å². The summed E-state index contributed by atoms with van der Waals surface area (Å²) in [6.07, 6.45) is 13.0. The maximum absolute atomic E-state index is 11.0. The summed E-state index contributed by atoms with van der Waals surface area (Å²) in [5, 5.41) is 0. The minimum Gasteiger partial charge on any atom is -0.434 e. The van der Waals surface area contributed by atoms with Crippen molar-refractivity contribution in [2.75, 3.05) is 13.2 Å². The molecule has 0 spiro atoms. The number of rotatable bonds is 0. The van der Waals surface area contributed by atoms with Gasteiger partial charge in [-0.2, -0.15) is 0 Å². The number of hydrogen-bond acceptors (Lipinski definition) is 3. The maximum Gasteiger partial charge on any atom is 0.508 e. The fourth-order valence-electron chi connectivity index (χ4n) is 1.75. The summed E-state index contributed by atoms with van der Waals surface area (Å²) in [7, 11) is 0. The van der Waals surface area contributed by atoms with Crippen molar-refractivity contribution in [1.29, 1.82) is 0 Å². The number of hydrogen-bond donors (Lipinski definition) is 0. The van der Waals surface area contributed by atoms with Gasteiger partial charge in [0, 0.05) is 0 Å². The lowest BCUT2D eigenvalue weighted by molar-refractivity contribution is 0.0619. The molecule has 1 rings (SSSR count). The fourth-order valence-corrected chi connectivity index (χ4v) is 1.75. The Bertz CT molecular complexity index is 211. The SMILES string of the molecule is O=C1OC/C=C/CCCCCCCCCO1. The van der Waals surface area contributed by atoms with Crippen LogP contribution in [0.5, 0.6) is 0 Å². The van der Waals surface area contributed by atoms with Gasteiger partial charge in [0.25, 0.3) is 0 Å². The average Bonchev–Trinajstić information content (AvgIpc) is 2.29. The fraction of sp³-hybridized carbons (Fsp3) is 0.769. The third-order valence-corrected chi connectivity index (χ3v) is 2.70. The predicted octanol–water partition coefficient (Wildman–Crippen LogP) is 3.83. The van der Waals surface area contributed by atoms with Crippen LogP contribution in [-0.4, -0.2) is 19.4 Å². The van der Waals surface area contributed by atoms with Crippen LogP contribution in [0.4, 0.5) is 4.79 Å². The molecule has 0 bridgehead atoms. The highest BCUT2D eigenvalue weighted by molar-refractivity contribution is 5.59. The third kappa shape index (κ3) is 7.32. The summed E-state index contributed by atoms with van der Waals surface area (Å²) in [6, 6.07) is 0. The second kappa shape index (κ2) is 9.25. The van der Waals surface area contributed by atoms with E-state index in [-0.39, 0.29) is 0 Å². The molecule has 1 aliphatic heterocycles. The zero-order chi connectivity index (χ0) is 11.5. The Morgan fingerprint density at radius 3 is 2.31 bits per heavy atom. The van der Waals surface area contributed by atoms with Gasteiger partial charge < -0.3 is 9.47 Å². The first kappa shape index (κ1) is 13.1. The largest absolute Gasteiger partial charge is 0.508 e. The number of carbonyl (C=O) groups excluding carboxylic acids is 1. The van der Waals surface area contributed by atoms with Crippen molar-refractivity contribution in [1.82, 2.24) is 0 Å². The molecule has 1 heterocycles. The van der Waals surface area contributed by atoms with E-state index in [1.807, 2.05) is 6.08 Å². The highest BCUT2D eigenvalue weighted by Gasteiger charge is 2.01. The molecule has 0 saturated heterocycles. The summed E-state index contributed by atoms with van der Waals surface area (Å²) in [5.74, 6) is 0. The van der Waals surface area contributed by atoms with Gasteiger partial charge in [0.1, 0.15) is 6.61 Å². The molecule has 0 aromatic carbocycles. The van der Waals surface area contributed by atoms with Crippen molar-refractivity contribution in [2.24, 2.45) is 0 Å². The molecule has 3 nitrogen and oxygen atoms in total. The molecule has 1 aliphatic rings. The van der Waals surface area contributed by atoms with Gasteiger partial charge in [0.2, 0.25) is 0 Å². The van der Waals surface area contributed by atoms with Crippen LogP contribution >= 0.6 is 0 Å². The smallest absolute Gasteiger partial charge is 0.434 e. The second-order valence-corrected chi connectivity index (χ2v) is 4.14. The van der Waals surface area contributed by atoms with Gasteiger partial charge in [0.05, 0.1) is 6.61 Å². The first-order valence-corrected chi connectivity index (χ1v) is 6.34. The number of carbonyl (C=O) groups is 1. The molecular weight excluding hydrogens is 204 g/mol. The molecule has 0 fully saturated rings. The van der Waals surface area contributed by atoms with Gasteiger partial charge in [-0.15, -0.1) is 0 Å². The molecule has 0 unspecified atom stereocenters. The molecule has 3 heteroatoms.